The molecule has 0 spiro atoms. The van der Waals surface area contributed by atoms with Crippen molar-refractivity contribution in [1.82, 2.24) is 4.98 Å². The summed E-state index contributed by atoms with van der Waals surface area (Å²) in [6, 6.07) is 14.1. The van der Waals surface area contributed by atoms with Crippen LogP contribution < -0.4 is 9.64 Å². The summed E-state index contributed by atoms with van der Waals surface area (Å²) in [4.78, 5) is 18.1. The second kappa shape index (κ2) is 10.4. The van der Waals surface area contributed by atoms with Crippen LogP contribution in [0.2, 0.25) is 0 Å². The highest BCUT2D eigenvalue weighted by molar-refractivity contribution is 5.90. The van der Waals surface area contributed by atoms with Crippen LogP contribution in [-0.4, -0.2) is 37.9 Å². The Bertz CT molecular complexity index is 1180. The van der Waals surface area contributed by atoms with Crippen LogP contribution in [0.15, 0.2) is 60.9 Å². The van der Waals surface area contributed by atoms with Crippen LogP contribution in [0.3, 0.4) is 0 Å². The van der Waals surface area contributed by atoms with Crippen LogP contribution in [0, 0.1) is 0 Å². The second-order valence-corrected chi connectivity index (χ2v) is 8.64. The number of rotatable bonds is 7. The lowest BCUT2D eigenvalue weighted by atomic mass is 9.87. The van der Waals surface area contributed by atoms with Crippen LogP contribution in [0.25, 0.3) is 0 Å². The monoisotopic (exact) mass is 484 g/mol. The maximum Gasteiger partial charge on any atom is 0.393 e. The minimum absolute atomic E-state index is 0.232. The number of alkyl halides is 3. The largest absolute Gasteiger partial charge is 0.493 e. The molecule has 0 aliphatic carbocycles. The molecule has 1 aliphatic rings. The predicted octanol–water partition coefficient (Wildman–Crippen LogP) is 6.24. The number of aromatic nitrogens is 1. The van der Waals surface area contributed by atoms with E-state index in [-0.39, 0.29) is 17.5 Å². The lowest BCUT2D eigenvalue weighted by molar-refractivity contribution is -0.127. The van der Waals surface area contributed by atoms with Gasteiger partial charge in [0.25, 0.3) is 0 Å². The van der Waals surface area contributed by atoms with E-state index in [1.807, 2.05) is 30.1 Å². The highest BCUT2D eigenvalue weighted by Gasteiger charge is 2.27. The third kappa shape index (κ3) is 5.93. The number of aryl methyl sites for hydroxylation is 1. The van der Waals surface area contributed by atoms with E-state index in [4.69, 9.17) is 9.47 Å². The van der Waals surface area contributed by atoms with Crippen LogP contribution in [-0.2, 0) is 17.6 Å². The minimum atomic E-state index is -4.22. The van der Waals surface area contributed by atoms with Crippen LogP contribution in [0.1, 0.15) is 45.8 Å². The lowest BCUT2D eigenvalue weighted by Crippen LogP contribution is -2.17. The standard InChI is InChI=1S/C27H27F3N2O3/c1-32(21-7-3-18(4-8-21)16-27(28,29)30)22-9-10-23-19(12-14-35-25(23)15-22)5-6-20-17-31-13-11-24(20)26(33)34-2/h3-4,7-11,13,15,17,19H,5-6,12,14,16H2,1-2H3/t19-/m1/s1. The molecule has 0 fully saturated rings. The van der Waals surface area contributed by atoms with Crippen molar-refractivity contribution < 1.29 is 27.4 Å². The Morgan fingerprint density at radius 3 is 2.60 bits per heavy atom. The van der Waals surface area contributed by atoms with Crippen molar-refractivity contribution >= 4 is 17.3 Å². The highest BCUT2D eigenvalue weighted by atomic mass is 19.4. The van der Waals surface area contributed by atoms with Gasteiger partial charge >= 0.3 is 12.1 Å². The van der Waals surface area contributed by atoms with Gasteiger partial charge in [0, 0.05) is 36.9 Å². The van der Waals surface area contributed by atoms with Gasteiger partial charge in [0.05, 0.1) is 25.7 Å². The number of nitrogens with zero attached hydrogens (tertiary/aromatic N) is 2. The molecule has 0 radical (unpaired) electrons. The molecule has 184 valence electrons. The Hall–Kier alpha value is -3.55. The Kier molecular flexibility index (Phi) is 7.28. The van der Waals surface area contributed by atoms with Crippen molar-refractivity contribution in [3.05, 3.63) is 83.2 Å². The number of anilines is 2. The molecule has 4 rings (SSSR count). The molecule has 35 heavy (non-hydrogen) atoms. The zero-order chi connectivity index (χ0) is 25.0. The number of ether oxygens (including phenoxy) is 2. The maximum atomic E-state index is 12.6. The van der Waals surface area contributed by atoms with E-state index in [9.17, 15) is 18.0 Å². The van der Waals surface area contributed by atoms with Gasteiger partial charge in [-0.2, -0.15) is 13.2 Å². The van der Waals surface area contributed by atoms with E-state index < -0.39 is 12.6 Å². The van der Waals surface area contributed by atoms with Crippen LogP contribution in [0.4, 0.5) is 24.5 Å². The molecule has 0 bridgehead atoms. The van der Waals surface area contributed by atoms with Gasteiger partial charge in [-0.15, -0.1) is 0 Å². The number of carbonyl (C=O) groups excluding carboxylic acids is 1. The minimum Gasteiger partial charge on any atom is -0.493 e. The van der Waals surface area contributed by atoms with Gasteiger partial charge in [0.1, 0.15) is 5.75 Å². The van der Waals surface area contributed by atoms with Crippen molar-refractivity contribution in [2.24, 2.45) is 0 Å². The number of methoxy groups -OCH3 is 1. The fraction of sp³-hybridized carbons (Fsp3) is 0.333. The first-order valence-corrected chi connectivity index (χ1v) is 11.4. The lowest BCUT2D eigenvalue weighted by Gasteiger charge is -2.28. The fourth-order valence-corrected chi connectivity index (χ4v) is 4.44. The zero-order valence-electron chi connectivity index (χ0n) is 19.6. The van der Waals surface area contributed by atoms with Gasteiger partial charge in [-0.05, 0) is 66.1 Å². The summed E-state index contributed by atoms with van der Waals surface area (Å²) >= 11 is 0. The van der Waals surface area contributed by atoms with Gasteiger partial charge in [-0.25, -0.2) is 4.79 Å². The van der Waals surface area contributed by atoms with E-state index in [0.717, 1.165) is 41.1 Å². The molecule has 0 saturated carbocycles. The Labute approximate surface area is 202 Å². The molecule has 0 unspecified atom stereocenters. The van der Waals surface area contributed by atoms with E-state index >= 15 is 0 Å². The third-order valence-corrected chi connectivity index (χ3v) is 6.35. The summed E-state index contributed by atoms with van der Waals surface area (Å²) in [5.74, 6) is 0.707. The number of fused-ring (bicyclic) bond motifs is 1. The van der Waals surface area contributed by atoms with Crippen LogP contribution in [0.5, 0.6) is 5.75 Å². The SMILES string of the molecule is COC(=O)c1ccncc1CC[C@@H]1CCOc2cc(N(C)c3ccc(CC(F)(F)F)cc3)ccc21. The van der Waals surface area contributed by atoms with Crippen LogP contribution >= 0.6 is 0 Å². The topological polar surface area (TPSA) is 51.7 Å². The molecule has 2 aromatic carbocycles. The Morgan fingerprint density at radius 1 is 1.14 bits per heavy atom. The van der Waals surface area contributed by atoms with E-state index in [2.05, 4.69) is 4.98 Å². The van der Waals surface area contributed by atoms with Crippen molar-refractivity contribution in [2.45, 2.75) is 37.8 Å². The molecule has 1 atom stereocenters. The van der Waals surface area contributed by atoms with Crippen molar-refractivity contribution in [3.63, 3.8) is 0 Å². The summed E-state index contributed by atoms with van der Waals surface area (Å²) < 4.78 is 48.7. The first-order chi connectivity index (χ1) is 16.7. The molecule has 0 N–H and O–H groups in total. The summed E-state index contributed by atoms with van der Waals surface area (Å²) in [7, 11) is 3.24. The molecule has 8 heteroatoms. The van der Waals surface area contributed by atoms with E-state index in [1.165, 1.54) is 19.2 Å². The number of hydrogen-bond acceptors (Lipinski definition) is 5. The number of pyridine rings is 1. The summed E-state index contributed by atoms with van der Waals surface area (Å²) in [5.41, 5.74) is 4.40. The molecule has 5 nitrogen and oxygen atoms in total. The molecule has 0 saturated heterocycles. The number of carbonyl (C=O) groups is 1. The van der Waals surface area contributed by atoms with Crippen molar-refractivity contribution in [2.75, 3.05) is 25.7 Å². The van der Waals surface area contributed by atoms with Crippen molar-refractivity contribution in [3.8, 4) is 5.75 Å². The predicted molar refractivity (Wildman–Crippen MR) is 127 cm³/mol. The molecule has 2 heterocycles. The quantitative estimate of drug-likeness (QED) is 0.372. The zero-order valence-corrected chi connectivity index (χ0v) is 19.6. The third-order valence-electron chi connectivity index (χ3n) is 6.35. The summed E-state index contributed by atoms with van der Waals surface area (Å²) in [5, 5.41) is 0. The smallest absolute Gasteiger partial charge is 0.393 e. The highest BCUT2D eigenvalue weighted by Crippen LogP contribution is 2.40. The number of halogens is 3. The number of hydrogen-bond donors (Lipinski definition) is 0. The molecular weight excluding hydrogens is 457 g/mol. The Morgan fingerprint density at radius 2 is 1.89 bits per heavy atom. The van der Waals surface area contributed by atoms with Gasteiger partial charge < -0.3 is 14.4 Å². The van der Waals surface area contributed by atoms with Crippen molar-refractivity contribution in [1.29, 1.82) is 0 Å². The maximum absolute atomic E-state index is 12.6. The summed E-state index contributed by atoms with van der Waals surface area (Å²) in [6.07, 6.45) is 0.530. The molecule has 0 amide bonds. The van der Waals surface area contributed by atoms with Gasteiger partial charge in [0.2, 0.25) is 0 Å². The average Bonchev–Trinajstić information content (AvgIpc) is 2.86. The first-order valence-electron chi connectivity index (χ1n) is 11.4. The second-order valence-electron chi connectivity index (χ2n) is 8.64. The molecule has 3 aromatic rings. The molecular formula is C27H27F3N2O3. The van der Waals surface area contributed by atoms with Gasteiger partial charge in [-0.1, -0.05) is 18.2 Å². The average molecular weight is 485 g/mol. The summed E-state index contributed by atoms with van der Waals surface area (Å²) in [6.45, 7) is 0.591. The normalized spacial score (nSPS) is 15.2. The Balaban J connectivity index is 1.48. The molecule has 1 aromatic heterocycles. The number of esters is 1. The molecule has 1 aliphatic heterocycles. The van der Waals surface area contributed by atoms with E-state index in [1.54, 1.807) is 30.6 Å². The fourth-order valence-electron chi connectivity index (χ4n) is 4.44. The first kappa shape index (κ1) is 24.6. The van der Waals surface area contributed by atoms with Gasteiger partial charge in [0.15, 0.2) is 0 Å². The van der Waals surface area contributed by atoms with Gasteiger partial charge in [-0.3, -0.25) is 4.98 Å². The number of benzene rings is 2. The van der Waals surface area contributed by atoms with E-state index in [0.29, 0.717) is 18.6 Å².